The van der Waals surface area contributed by atoms with E-state index in [-0.39, 0.29) is 23.2 Å². The molecule has 5 rings (SSSR count). The van der Waals surface area contributed by atoms with E-state index in [1.807, 2.05) is 0 Å². The molecule has 0 aliphatic carbocycles. The Morgan fingerprint density at radius 3 is 2.94 bits per heavy atom. The molecule has 0 spiro atoms. The number of nitrogens with zero attached hydrogens (tertiary/aromatic N) is 5. The lowest BCUT2D eigenvalue weighted by Gasteiger charge is -2.29. The molecule has 1 saturated heterocycles. The summed E-state index contributed by atoms with van der Waals surface area (Å²) in [6.07, 6.45) is 2.32. The molecular weight excluding hydrogens is 416 g/mol. The van der Waals surface area contributed by atoms with Crippen molar-refractivity contribution in [1.82, 2.24) is 30.1 Å². The predicted octanol–water partition coefficient (Wildman–Crippen LogP) is 2.37. The maximum atomic E-state index is 13.0. The van der Waals surface area contributed by atoms with Crippen LogP contribution in [-0.4, -0.2) is 49.1 Å². The number of likely N-dealkylation sites (tertiary alicyclic amines) is 1. The van der Waals surface area contributed by atoms with E-state index < -0.39 is 0 Å². The van der Waals surface area contributed by atoms with Crippen LogP contribution in [0.3, 0.4) is 0 Å². The molecule has 1 N–H and O–H groups in total. The second kappa shape index (κ2) is 8.01. The van der Waals surface area contributed by atoms with Crippen molar-refractivity contribution < 1.29 is 9.42 Å². The standard InChI is InChI=1S/C21H24N6O3S/c1-12-6-9-31-17(12)11-26-8-5-15-14(10-26)20(28)23-19(22-15)16-4-3-7-27(16)21(29)18-13(2)24-30-25-18/h6,9,16H,3-5,7-8,10-11H2,1-2H3,(H,22,23,28)/t16-/m1/s1. The van der Waals surface area contributed by atoms with E-state index in [0.717, 1.165) is 43.6 Å². The molecular formula is C21H24N6O3S. The van der Waals surface area contributed by atoms with Crippen molar-refractivity contribution in [2.75, 3.05) is 13.1 Å². The summed E-state index contributed by atoms with van der Waals surface area (Å²) in [6, 6.07) is 1.86. The highest BCUT2D eigenvalue weighted by molar-refractivity contribution is 7.10. The summed E-state index contributed by atoms with van der Waals surface area (Å²) in [4.78, 5) is 39.0. The van der Waals surface area contributed by atoms with Gasteiger partial charge in [-0.1, -0.05) is 5.16 Å². The van der Waals surface area contributed by atoms with Gasteiger partial charge in [-0.2, -0.15) is 0 Å². The lowest BCUT2D eigenvalue weighted by atomic mass is 10.1. The summed E-state index contributed by atoms with van der Waals surface area (Å²) in [5.74, 6) is 0.324. The number of H-pyrrole nitrogens is 1. The van der Waals surface area contributed by atoms with E-state index in [1.165, 1.54) is 10.4 Å². The average Bonchev–Trinajstić information content (AvgIpc) is 3.50. The van der Waals surface area contributed by atoms with E-state index in [4.69, 9.17) is 9.61 Å². The van der Waals surface area contributed by atoms with Crippen LogP contribution < -0.4 is 5.56 Å². The normalized spacial score (nSPS) is 19.0. The van der Waals surface area contributed by atoms with Gasteiger partial charge in [0.25, 0.3) is 11.5 Å². The number of aryl methyl sites for hydroxylation is 2. The zero-order valence-electron chi connectivity index (χ0n) is 17.6. The quantitative estimate of drug-likeness (QED) is 0.663. The second-order valence-electron chi connectivity index (χ2n) is 8.22. The van der Waals surface area contributed by atoms with Gasteiger partial charge < -0.3 is 9.88 Å². The van der Waals surface area contributed by atoms with Gasteiger partial charge in [-0.3, -0.25) is 14.5 Å². The van der Waals surface area contributed by atoms with Crippen molar-refractivity contribution >= 4 is 17.2 Å². The zero-order chi connectivity index (χ0) is 21.5. The van der Waals surface area contributed by atoms with Crippen molar-refractivity contribution in [1.29, 1.82) is 0 Å². The number of hydrogen-bond acceptors (Lipinski definition) is 8. The highest BCUT2D eigenvalue weighted by atomic mass is 32.1. The Balaban J connectivity index is 1.38. The first-order chi connectivity index (χ1) is 15.0. The number of nitrogens with one attached hydrogen (secondary N) is 1. The summed E-state index contributed by atoms with van der Waals surface area (Å²) < 4.78 is 4.69. The van der Waals surface area contributed by atoms with Crippen LogP contribution in [0.4, 0.5) is 0 Å². The molecule has 162 valence electrons. The largest absolute Gasteiger partial charge is 0.327 e. The number of thiophene rings is 1. The van der Waals surface area contributed by atoms with Gasteiger partial charge in [-0.15, -0.1) is 11.3 Å². The first-order valence-corrected chi connectivity index (χ1v) is 11.4. The molecule has 9 nitrogen and oxygen atoms in total. The van der Waals surface area contributed by atoms with Crippen molar-refractivity contribution in [3.8, 4) is 0 Å². The Hall–Kier alpha value is -2.85. The van der Waals surface area contributed by atoms with Crippen LogP contribution in [0.15, 0.2) is 20.9 Å². The van der Waals surface area contributed by atoms with Gasteiger partial charge in [0.2, 0.25) is 0 Å². The molecule has 1 atom stereocenters. The van der Waals surface area contributed by atoms with Crippen molar-refractivity contribution in [2.24, 2.45) is 0 Å². The summed E-state index contributed by atoms with van der Waals surface area (Å²) in [7, 11) is 0. The van der Waals surface area contributed by atoms with Gasteiger partial charge in [-0.05, 0) is 48.9 Å². The van der Waals surface area contributed by atoms with Gasteiger partial charge >= 0.3 is 0 Å². The zero-order valence-corrected chi connectivity index (χ0v) is 18.4. The molecule has 10 heteroatoms. The van der Waals surface area contributed by atoms with Gasteiger partial charge in [0.05, 0.1) is 17.3 Å². The maximum absolute atomic E-state index is 13.0. The predicted molar refractivity (Wildman–Crippen MR) is 114 cm³/mol. The van der Waals surface area contributed by atoms with Crippen LogP contribution in [0.5, 0.6) is 0 Å². The van der Waals surface area contributed by atoms with Crippen molar-refractivity contribution in [2.45, 2.75) is 52.2 Å². The topological polar surface area (TPSA) is 108 Å². The van der Waals surface area contributed by atoms with Crippen molar-refractivity contribution in [3.63, 3.8) is 0 Å². The van der Waals surface area contributed by atoms with Crippen molar-refractivity contribution in [3.05, 3.63) is 60.7 Å². The van der Waals surface area contributed by atoms with Crippen LogP contribution in [0.2, 0.25) is 0 Å². The Labute approximate surface area is 183 Å². The Morgan fingerprint density at radius 2 is 2.19 bits per heavy atom. The highest BCUT2D eigenvalue weighted by Gasteiger charge is 2.35. The van der Waals surface area contributed by atoms with E-state index in [2.05, 4.69) is 38.6 Å². The summed E-state index contributed by atoms with van der Waals surface area (Å²) in [6.45, 7) is 6.70. The Bertz CT molecular complexity index is 1180. The Kier molecular flexibility index (Phi) is 5.19. The lowest BCUT2D eigenvalue weighted by Crippen LogP contribution is -2.38. The molecule has 1 amide bonds. The fourth-order valence-corrected chi connectivity index (χ4v) is 5.37. The summed E-state index contributed by atoms with van der Waals surface area (Å²) >= 11 is 1.75. The van der Waals surface area contributed by atoms with Gasteiger partial charge in [0, 0.05) is 37.5 Å². The average molecular weight is 441 g/mol. The third kappa shape index (κ3) is 3.70. The van der Waals surface area contributed by atoms with Gasteiger partial charge in [-0.25, -0.2) is 9.61 Å². The number of carbonyl (C=O) groups is 1. The number of fused-ring (bicyclic) bond motifs is 1. The number of rotatable bonds is 4. The number of carbonyl (C=O) groups excluding carboxylic acids is 1. The van der Waals surface area contributed by atoms with Crippen LogP contribution in [0.1, 0.15) is 62.6 Å². The maximum Gasteiger partial charge on any atom is 0.278 e. The number of hydrogen-bond donors (Lipinski definition) is 1. The van der Waals surface area contributed by atoms with E-state index >= 15 is 0 Å². The minimum Gasteiger partial charge on any atom is -0.327 e. The molecule has 31 heavy (non-hydrogen) atoms. The number of amides is 1. The molecule has 5 heterocycles. The SMILES string of the molecule is Cc1ccsc1CN1CCc2nc([C@H]3CCCN3C(=O)c3nonc3C)[nH]c(=O)c2C1. The summed E-state index contributed by atoms with van der Waals surface area (Å²) in [5.41, 5.74) is 3.44. The summed E-state index contributed by atoms with van der Waals surface area (Å²) in [5, 5.41) is 9.56. The highest BCUT2D eigenvalue weighted by Crippen LogP contribution is 2.32. The van der Waals surface area contributed by atoms with E-state index in [1.54, 1.807) is 23.2 Å². The van der Waals surface area contributed by atoms with Crippen LogP contribution in [-0.2, 0) is 19.5 Å². The second-order valence-corrected chi connectivity index (χ2v) is 9.22. The molecule has 3 aromatic rings. The third-order valence-corrected chi connectivity index (χ3v) is 7.19. The minimum absolute atomic E-state index is 0.105. The molecule has 3 aromatic heterocycles. The Morgan fingerprint density at radius 1 is 1.32 bits per heavy atom. The number of aromatic nitrogens is 4. The molecule has 2 aliphatic heterocycles. The molecule has 1 fully saturated rings. The van der Waals surface area contributed by atoms with Gasteiger partial charge in [0.1, 0.15) is 11.5 Å². The molecule has 0 bridgehead atoms. The third-order valence-electron chi connectivity index (χ3n) is 6.19. The smallest absolute Gasteiger partial charge is 0.278 e. The lowest BCUT2D eigenvalue weighted by molar-refractivity contribution is 0.0717. The molecule has 0 aromatic carbocycles. The minimum atomic E-state index is -0.270. The fraction of sp³-hybridized carbons (Fsp3) is 0.476. The van der Waals surface area contributed by atoms with Crippen LogP contribution in [0.25, 0.3) is 0 Å². The number of aromatic amines is 1. The molecule has 0 saturated carbocycles. The fourth-order valence-electron chi connectivity index (χ4n) is 4.42. The van der Waals surface area contributed by atoms with E-state index in [0.29, 0.717) is 24.6 Å². The first kappa shape index (κ1) is 20.1. The van der Waals surface area contributed by atoms with Gasteiger partial charge in [0.15, 0.2) is 5.69 Å². The monoisotopic (exact) mass is 440 g/mol. The molecule has 0 unspecified atom stereocenters. The molecule has 2 aliphatic rings. The van der Waals surface area contributed by atoms with Crippen LogP contribution in [0, 0.1) is 13.8 Å². The molecule has 0 radical (unpaired) electrons. The first-order valence-electron chi connectivity index (χ1n) is 10.5. The van der Waals surface area contributed by atoms with Crippen LogP contribution >= 0.6 is 11.3 Å². The van der Waals surface area contributed by atoms with E-state index in [9.17, 15) is 9.59 Å².